The normalized spacial score (nSPS) is 15.6. The second-order valence-electron chi connectivity index (χ2n) is 5.70. The number of hydrogen-bond acceptors (Lipinski definition) is 3. The maximum atomic E-state index is 12.4. The minimum Gasteiger partial charge on any atom is -0.481 e. The van der Waals surface area contributed by atoms with E-state index in [1.807, 2.05) is 35.2 Å². The zero-order valence-electron chi connectivity index (χ0n) is 13.3. The van der Waals surface area contributed by atoms with Gasteiger partial charge in [-0.15, -0.1) is 12.4 Å². The van der Waals surface area contributed by atoms with E-state index in [4.69, 9.17) is 5.11 Å². The van der Waals surface area contributed by atoms with Crippen molar-refractivity contribution in [3.63, 3.8) is 0 Å². The number of halogens is 1. The molecule has 0 aromatic heterocycles. The van der Waals surface area contributed by atoms with Crippen LogP contribution in [0.15, 0.2) is 30.3 Å². The lowest BCUT2D eigenvalue weighted by Gasteiger charge is -2.22. The van der Waals surface area contributed by atoms with E-state index in [0.29, 0.717) is 0 Å². The number of nitrogens with zero attached hydrogens (tertiary/aromatic N) is 2. The van der Waals surface area contributed by atoms with E-state index in [1.54, 1.807) is 0 Å². The monoisotopic (exact) mass is 340 g/mol. The van der Waals surface area contributed by atoms with Crippen LogP contribution in [0.5, 0.6) is 0 Å². The van der Waals surface area contributed by atoms with Gasteiger partial charge in [-0.05, 0) is 44.5 Å². The summed E-state index contributed by atoms with van der Waals surface area (Å²) < 4.78 is 0. The summed E-state index contributed by atoms with van der Waals surface area (Å²) in [6, 6.07) is 9.41. The van der Waals surface area contributed by atoms with E-state index in [-0.39, 0.29) is 24.7 Å². The number of rotatable bonds is 6. The number of carbonyl (C=O) groups excluding carboxylic acids is 1. The molecule has 1 aliphatic rings. The van der Waals surface area contributed by atoms with Gasteiger partial charge in [0.05, 0.1) is 0 Å². The maximum Gasteiger partial charge on any atom is 0.303 e. The summed E-state index contributed by atoms with van der Waals surface area (Å²) in [5.41, 5.74) is 0.748. The Morgan fingerprint density at radius 1 is 1.00 bits per heavy atom. The molecule has 0 atom stereocenters. The third-order valence-electron chi connectivity index (χ3n) is 4.01. The number of carboxylic acid groups (broad SMARTS) is 1. The summed E-state index contributed by atoms with van der Waals surface area (Å²) in [4.78, 5) is 27.2. The van der Waals surface area contributed by atoms with Crippen LogP contribution in [0.2, 0.25) is 0 Å². The number of hydrogen-bond donors (Lipinski definition) is 1. The average molecular weight is 341 g/mol. The number of amides is 1. The summed E-state index contributed by atoms with van der Waals surface area (Å²) in [5.74, 6) is -0.621. The van der Waals surface area contributed by atoms with Crippen LogP contribution in [-0.2, 0) is 4.79 Å². The van der Waals surface area contributed by atoms with Gasteiger partial charge in [0.15, 0.2) is 0 Å². The Morgan fingerprint density at radius 2 is 1.74 bits per heavy atom. The quantitative estimate of drug-likeness (QED) is 0.808. The zero-order valence-corrected chi connectivity index (χ0v) is 14.1. The molecule has 1 aromatic rings. The molecule has 0 bridgehead atoms. The minimum atomic E-state index is -0.726. The first-order chi connectivity index (χ1) is 10.7. The largest absolute Gasteiger partial charge is 0.481 e. The van der Waals surface area contributed by atoms with Gasteiger partial charge in [0.25, 0.3) is 5.91 Å². The topological polar surface area (TPSA) is 60.9 Å². The Bertz CT molecular complexity index is 496. The Balaban J connectivity index is 0.00000264. The van der Waals surface area contributed by atoms with E-state index in [0.717, 1.165) is 57.5 Å². The summed E-state index contributed by atoms with van der Waals surface area (Å²) in [5, 5.41) is 8.64. The first-order valence-corrected chi connectivity index (χ1v) is 7.95. The van der Waals surface area contributed by atoms with Gasteiger partial charge in [-0.2, -0.15) is 0 Å². The lowest BCUT2D eigenvalue weighted by Crippen LogP contribution is -2.35. The van der Waals surface area contributed by atoms with Crippen LogP contribution in [0.25, 0.3) is 0 Å². The van der Waals surface area contributed by atoms with Gasteiger partial charge >= 0.3 is 5.97 Å². The first kappa shape index (κ1) is 19.5. The fourth-order valence-corrected chi connectivity index (χ4v) is 2.77. The van der Waals surface area contributed by atoms with Gasteiger partial charge in [-0.3, -0.25) is 9.59 Å². The summed E-state index contributed by atoms with van der Waals surface area (Å²) in [7, 11) is 0. The molecule has 0 saturated carbocycles. The highest BCUT2D eigenvalue weighted by Gasteiger charge is 2.19. The fourth-order valence-electron chi connectivity index (χ4n) is 2.77. The third-order valence-corrected chi connectivity index (χ3v) is 4.01. The average Bonchev–Trinajstić information content (AvgIpc) is 2.77. The molecule has 2 rings (SSSR count). The molecule has 23 heavy (non-hydrogen) atoms. The summed E-state index contributed by atoms with van der Waals surface area (Å²) >= 11 is 0. The Morgan fingerprint density at radius 3 is 2.43 bits per heavy atom. The van der Waals surface area contributed by atoms with Crippen LogP contribution in [-0.4, -0.2) is 59.5 Å². The van der Waals surface area contributed by atoms with E-state index in [9.17, 15) is 9.59 Å². The molecule has 1 saturated heterocycles. The van der Waals surface area contributed by atoms with E-state index < -0.39 is 5.97 Å². The molecule has 6 heteroatoms. The molecule has 1 fully saturated rings. The zero-order chi connectivity index (χ0) is 15.8. The predicted octanol–water partition coefficient (Wildman–Crippen LogP) is 2.51. The van der Waals surface area contributed by atoms with E-state index >= 15 is 0 Å². The highest BCUT2D eigenvalue weighted by molar-refractivity contribution is 5.94. The molecule has 1 amide bonds. The maximum absolute atomic E-state index is 12.4. The summed E-state index contributed by atoms with van der Waals surface area (Å²) in [6.07, 6.45) is 2.83. The predicted molar refractivity (Wildman–Crippen MR) is 92.1 cm³/mol. The highest BCUT2D eigenvalue weighted by Crippen LogP contribution is 2.10. The van der Waals surface area contributed by atoms with Gasteiger partial charge in [0.2, 0.25) is 0 Å². The number of unbranched alkanes of at least 4 members (excludes halogenated alkanes) is 1. The van der Waals surface area contributed by atoms with Crippen LogP contribution in [0.1, 0.15) is 36.0 Å². The van der Waals surface area contributed by atoms with Crippen molar-refractivity contribution in [3.05, 3.63) is 35.9 Å². The van der Waals surface area contributed by atoms with E-state index in [1.165, 1.54) is 0 Å². The van der Waals surface area contributed by atoms with Crippen molar-refractivity contribution < 1.29 is 14.7 Å². The first-order valence-electron chi connectivity index (χ1n) is 7.95. The summed E-state index contributed by atoms with van der Waals surface area (Å²) in [6.45, 7) is 4.30. The van der Waals surface area contributed by atoms with Crippen molar-refractivity contribution in [2.24, 2.45) is 0 Å². The van der Waals surface area contributed by atoms with Crippen molar-refractivity contribution in [2.45, 2.75) is 25.7 Å². The van der Waals surface area contributed by atoms with Crippen LogP contribution in [0, 0.1) is 0 Å². The van der Waals surface area contributed by atoms with Crippen molar-refractivity contribution in [2.75, 3.05) is 32.7 Å². The van der Waals surface area contributed by atoms with Crippen LogP contribution in [0.3, 0.4) is 0 Å². The van der Waals surface area contributed by atoms with Crippen molar-refractivity contribution in [3.8, 4) is 0 Å². The number of carboxylic acids is 1. The molecule has 0 spiro atoms. The number of aliphatic carboxylic acids is 1. The molecule has 5 nitrogen and oxygen atoms in total. The SMILES string of the molecule is Cl.O=C(O)CCCCN1CCCN(C(=O)c2ccccc2)CC1. The highest BCUT2D eigenvalue weighted by atomic mass is 35.5. The molecule has 0 radical (unpaired) electrons. The Labute approximate surface area is 143 Å². The van der Waals surface area contributed by atoms with Gasteiger partial charge in [-0.25, -0.2) is 0 Å². The van der Waals surface area contributed by atoms with Crippen molar-refractivity contribution in [1.82, 2.24) is 9.80 Å². The van der Waals surface area contributed by atoms with Crippen molar-refractivity contribution in [1.29, 1.82) is 0 Å². The van der Waals surface area contributed by atoms with Crippen LogP contribution < -0.4 is 0 Å². The molecular weight excluding hydrogens is 316 g/mol. The van der Waals surface area contributed by atoms with Gasteiger partial charge in [-0.1, -0.05) is 18.2 Å². The molecule has 1 aliphatic heterocycles. The molecule has 0 unspecified atom stereocenters. The van der Waals surface area contributed by atoms with Crippen LogP contribution >= 0.6 is 12.4 Å². The Hall–Kier alpha value is -1.59. The number of carbonyl (C=O) groups is 2. The molecule has 1 aromatic carbocycles. The fraction of sp³-hybridized carbons (Fsp3) is 0.529. The van der Waals surface area contributed by atoms with Crippen LogP contribution in [0.4, 0.5) is 0 Å². The molecule has 1 heterocycles. The lowest BCUT2D eigenvalue weighted by molar-refractivity contribution is -0.137. The molecule has 1 N–H and O–H groups in total. The van der Waals surface area contributed by atoms with Crippen molar-refractivity contribution >= 4 is 24.3 Å². The van der Waals surface area contributed by atoms with Gasteiger partial charge in [0.1, 0.15) is 0 Å². The molecule has 0 aliphatic carbocycles. The van der Waals surface area contributed by atoms with Gasteiger partial charge in [0, 0.05) is 31.6 Å². The second-order valence-corrected chi connectivity index (χ2v) is 5.70. The molecular formula is C17H25ClN2O3. The Kier molecular flexibility index (Phi) is 8.66. The standard InChI is InChI=1S/C17H24N2O3.ClH/c20-16(21)9-4-5-10-18-11-6-12-19(14-13-18)17(22)15-7-2-1-3-8-15;/h1-3,7-8H,4-6,9-14H2,(H,20,21);1H. The van der Waals surface area contributed by atoms with E-state index in [2.05, 4.69) is 4.90 Å². The lowest BCUT2D eigenvalue weighted by atomic mass is 10.2. The third kappa shape index (κ3) is 6.59. The smallest absolute Gasteiger partial charge is 0.303 e. The van der Waals surface area contributed by atoms with Gasteiger partial charge < -0.3 is 14.9 Å². The molecule has 128 valence electrons. The minimum absolute atomic E-state index is 0. The number of benzene rings is 1. The second kappa shape index (κ2) is 10.2.